The molecule has 1 aliphatic carbocycles. The highest BCUT2D eigenvalue weighted by Crippen LogP contribution is 2.45. The molecule has 1 saturated carbocycles. The molecule has 1 aromatic heterocycles. The number of nitrogen functional groups attached to an aromatic ring is 1. The fourth-order valence-corrected chi connectivity index (χ4v) is 1.82. The standard InChI is InChI=1S/C11H18N4/c1-3-4-8-6-10(15-12)14-11(13-8)9-5-7(9)2/h6-7,9H,3-5,12H2,1-2H3,(H,13,14,15). The SMILES string of the molecule is CCCc1cc(NN)nc(C2CC2C)n1. The lowest BCUT2D eigenvalue weighted by Crippen LogP contribution is -2.11. The number of rotatable bonds is 4. The van der Waals surface area contributed by atoms with E-state index in [-0.39, 0.29) is 0 Å². The van der Waals surface area contributed by atoms with Gasteiger partial charge in [0.25, 0.3) is 0 Å². The summed E-state index contributed by atoms with van der Waals surface area (Å²) in [5.74, 6) is 8.38. The summed E-state index contributed by atoms with van der Waals surface area (Å²) >= 11 is 0. The van der Waals surface area contributed by atoms with Crippen molar-refractivity contribution in [3.05, 3.63) is 17.6 Å². The van der Waals surface area contributed by atoms with Gasteiger partial charge in [-0.15, -0.1) is 0 Å². The Morgan fingerprint density at radius 2 is 2.27 bits per heavy atom. The molecule has 0 amide bonds. The van der Waals surface area contributed by atoms with E-state index in [2.05, 4.69) is 29.2 Å². The predicted octanol–water partition coefficient (Wildman–Crippen LogP) is 1.84. The molecule has 3 N–H and O–H groups in total. The van der Waals surface area contributed by atoms with E-state index in [1.165, 1.54) is 6.42 Å². The zero-order valence-corrected chi connectivity index (χ0v) is 9.33. The average molecular weight is 206 g/mol. The number of hydrogen-bond donors (Lipinski definition) is 2. The zero-order valence-electron chi connectivity index (χ0n) is 9.33. The summed E-state index contributed by atoms with van der Waals surface area (Å²) in [6.45, 7) is 4.38. The van der Waals surface area contributed by atoms with Crippen LogP contribution in [0.2, 0.25) is 0 Å². The molecule has 2 unspecified atom stereocenters. The van der Waals surface area contributed by atoms with Gasteiger partial charge in [0.1, 0.15) is 11.6 Å². The molecule has 4 nitrogen and oxygen atoms in total. The second-order valence-electron chi connectivity index (χ2n) is 4.32. The highest BCUT2D eigenvalue weighted by Gasteiger charge is 2.36. The topological polar surface area (TPSA) is 63.8 Å². The molecule has 0 aromatic carbocycles. The minimum absolute atomic E-state index is 0.550. The van der Waals surface area contributed by atoms with Crippen molar-refractivity contribution in [2.24, 2.45) is 11.8 Å². The van der Waals surface area contributed by atoms with Crippen molar-refractivity contribution >= 4 is 5.82 Å². The normalized spacial score (nSPS) is 23.9. The first-order valence-electron chi connectivity index (χ1n) is 5.59. The Hall–Kier alpha value is -1.16. The average Bonchev–Trinajstić information content (AvgIpc) is 2.95. The maximum absolute atomic E-state index is 5.40. The van der Waals surface area contributed by atoms with Crippen LogP contribution >= 0.6 is 0 Å². The molecule has 2 rings (SSSR count). The van der Waals surface area contributed by atoms with Gasteiger partial charge in [-0.1, -0.05) is 20.3 Å². The van der Waals surface area contributed by atoms with Crippen LogP contribution < -0.4 is 11.3 Å². The number of nitrogens with two attached hydrogens (primary N) is 1. The van der Waals surface area contributed by atoms with E-state index in [0.717, 1.165) is 36.1 Å². The summed E-state index contributed by atoms with van der Waals surface area (Å²) in [4.78, 5) is 8.98. The van der Waals surface area contributed by atoms with E-state index in [9.17, 15) is 0 Å². The Bertz CT molecular complexity index is 350. The zero-order chi connectivity index (χ0) is 10.8. The third kappa shape index (κ3) is 2.26. The van der Waals surface area contributed by atoms with E-state index in [0.29, 0.717) is 5.92 Å². The molecule has 1 heterocycles. The van der Waals surface area contributed by atoms with Crippen molar-refractivity contribution in [3.8, 4) is 0 Å². The van der Waals surface area contributed by atoms with Crippen molar-refractivity contribution in [3.63, 3.8) is 0 Å². The molecule has 2 atom stereocenters. The summed E-state index contributed by atoms with van der Waals surface area (Å²) in [6, 6.07) is 1.93. The molecule has 0 saturated heterocycles. The van der Waals surface area contributed by atoms with Crippen LogP contribution in [0.15, 0.2) is 6.07 Å². The van der Waals surface area contributed by atoms with Gasteiger partial charge in [0.15, 0.2) is 0 Å². The van der Waals surface area contributed by atoms with Gasteiger partial charge in [0.2, 0.25) is 0 Å². The molecular weight excluding hydrogens is 188 g/mol. The first-order chi connectivity index (χ1) is 7.24. The smallest absolute Gasteiger partial charge is 0.143 e. The number of hydrogen-bond acceptors (Lipinski definition) is 4. The molecule has 0 spiro atoms. The Balaban J connectivity index is 2.25. The quantitative estimate of drug-likeness (QED) is 0.583. The summed E-state index contributed by atoms with van der Waals surface area (Å²) in [7, 11) is 0. The van der Waals surface area contributed by atoms with E-state index in [1.54, 1.807) is 0 Å². The summed E-state index contributed by atoms with van der Waals surface area (Å²) in [6.07, 6.45) is 3.30. The lowest BCUT2D eigenvalue weighted by atomic mass is 10.2. The first kappa shape index (κ1) is 10.4. The van der Waals surface area contributed by atoms with Crippen LogP contribution in [0.25, 0.3) is 0 Å². The number of anilines is 1. The molecule has 1 aromatic rings. The molecule has 15 heavy (non-hydrogen) atoms. The Morgan fingerprint density at radius 3 is 2.80 bits per heavy atom. The highest BCUT2D eigenvalue weighted by molar-refractivity contribution is 5.35. The minimum atomic E-state index is 0.550. The van der Waals surface area contributed by atoms with Gasteiger partial charge in [0, 0.05) is 17.7 Å². The summed E-state index contributed by atoms with van der Waals surface area (Å²) < 4.78 is 0. The van der Waals surface area contributed by atoms with Gasteiger partial charge in [-0.3, -0.25) is 0 Å². The molecule has 0 bridgehead atoms. The van der Waals surface area contributed by atoms with Crippen LogP contribution in [0, 0.1) is 5.92 Å². The largest absolute Gasteiger partial charge is 0.308 e. The number of aryl methyl sites for hydroxylation is 1. The van der Waals surface area contributed by atoms with Crippen molar-refractivity contribution in [2.45, 2.75) is 39.0 Å². The van der Waals surface area contributed by atoms with Gasteiger partial charge in [-0.05, 0) is 18.8 Å². The van der Waals surface area contributed by atoms with Crippen LogP contribution in [0.1, 0.15) is 44.1 Å². The fourth-order valence-electron chi connectivity index (χ4n) is 1.82. The molecule has 1 aliphatic rings. The number of aromatic nitrogens is 2. The lowest BCUT2D eigenvalue weighted by molar-refractivity contribution is 0.800. The van der Waals surface area contributed by atoms with E-state index >= 15 is 0 Å². The first-order valence-corrected chi connectivity index (χ1v) is 5.59. The third-order valence-corrected chi connectivity index (χ3v) is 2.89. The van der Waals surface area contributed by atoms with Crippen molar-refractivity contribution in [1.82, 2.24) is 9.97 Å². The van der Waals surface area contributed by atoms with Gasteiger partial charge < -0.3 is 5.43 Å². The lowest BCUT2D eigenvalue weighted by Gasteiger charge is -2.06. The van der Waals surface area contributed by atoms with Crippen LogP contribution in [0.5, 0.6) is 0 Å². The van der Waals surface area contributed by atoms with Crippen LogP contribution in [-0.4, -0.2) is 9.97 Å². The van der Waals surface area contributed by atoms with Crippen molar-refractivity contribution < 1.29 is 0 Å². The second-order valence-corrected chi connectivity index (χ2v) is 4.32. The monoisotopic (exact) mass is 206 g/mol. The van der Waals surface area contributed by atoms with Gasteiger partial charge in [-0.2, -0.15) is 0 Å². The summed E-state index contributed by atoms with van der Waals surface area (Å²) in [5.41, 5.74) is 3.70. The molecular formula is C11H18N4. The summed E-state index contributed by atoms with van der Waals surface area (Å²) in [5, 5.41) is 0. The Labute approximate surface area is 90.3 Å². The maximum Gasteiger partial charge on any atom is 0.143 e. The number of hydrazine groups is 1. The Kier molecular flexibility index (Phi) is 2.86. The molecule has 82 valence electrons. The molecule has 1 fully saturated rings. The number of nitrogens with one attached hydrogen (secondary N) is 1. The molecule has 0 radical (unpaired) electrons. The molecule has 4 heteroatoms. The Morgan fingerprint density at radius 1 is 1.53 bits per heavy atom. The minimum Gasteiger partial charge on any atom is -0.308 e. The second kappa shape index (κ2) is 4.14. The maximum atomic E-state index is 5.40. The highest BCUT2D eigenvalue weighted by atomic mass is 15.3. The van der Waals surface area contributed by atoms with E-state index in [1.807, 2.05) is 6.07 Å². The number of nitrogens with zero attached hydrogens (tertiary/aromatic N) is 2. The third-order valence-electron chi connectivity index (χ3n) is 2.89. The van der Waals surface area contributed by atoms with Crippen LogP contribution in [-0.2, 0) is 6.42 Å². The van der Waals surface area contributed by atoms with Crippen LogP contribution in [0.3, 0.4) is 0 Å². The van der Waals surface area contributed by atoms with Gasteiger partial charge >= 0.3 is 0 Å². The van der Waals surface area contributed by atoms with Crippen molar-refractivity contribution in [1.29, 1.82) is 0 Å². The predicted molar refractivity (Wildman–Crippen MR) is 60.4 cm³/mol. The van der Waals surface area contributed by atoms with Crippen molar-refractivity contribution in [2.75, 3.05) is 5.43 Å². The van der Waals surface area contributed by atoms with Gasteiger partial charge in [0.05, 0.1) is 0 Å². The van der Waals surface area contributed by atoms with E-state index < -0.39 is 0 Å². The fraction of sp³-hybridized carbons (Fsp3) is 0.636. The van der Waals surface area contributed by atoms with Gasteiger partial charge in [-0.25, -0.2) is 15.8 Å². The van der Waals surface area contributed by atoms with E-state index in [4.69, 9.17) is 5.84 Å². The molecule has 0 aliphatic heterocycles. The van der Waals surface area contributed by atoms with Crippen LogP contribution in [0.4, 0.5) is 5.82 Å².